The van der Waals surface area contributed by atoms with E-state index in [0.29, 0.717) is 6.61 Å². The average molecular weight is 471 g/mol. The summed E-state index contributed by atoms with van der Waals surface area (Å²) in [5, 5.41) is 2.39. The van der Waals surface area contributed by atoms with Gasteiger partial charge in [0.15, 0.2) is 0 Å². The van der Waals surface area contributed by atoms with E-state index in [1.807, 2.05) is 29.0 Å². The van der Waals surface area contributed by atoms with Gasteiger partial charge in [0.1, 0.15) is 5.82 Å². The van der Waals surface area contributed by atoms with Crippen molar-refractivity contribution in [2.45, 2.75) is 31.9 Å². The highest BCUT2D eigenvalue weighted by atomic mass is 28.4. The zero-order valence-corrected chi connectivity index (χ0v) is 21.0. The number of nitrogens with zero attached hydrogens (tertiary/aromatic N) is 2. The predicted molar refractivity (Wildman–Crippen MR) is 140 cm³/mol. The van der Waals surface area contributed by atoms with Crippen LogP contribution in [-0.4, -0.2) is 24.5 Å². The highest BCUT2D eigenvalue weighted by molar-refractivity contribution is 6.99. The van der Waals surface area contributed by atoms with E-state index in [4.69, 9.17) is 4.43 Å². The van der Waals surface area contributed by atoms with Crippen molar-refractivity contribution in [3.63, 3.8) is 0 Å². The molecule has 0 saturated heterocycles. The summed E-state index contributed by atoms with van der Waals surface area (Å²) in [6, 6.07) is 27.5. The number of imidazole rings is 1. The Morgan fingerprint density at radius 3 is 2.00 bits per heavy atom. The van der Waals surface area contributed by atoms with Crippen molar-refractivity contribution < 1.29 is 8.82 Å². The van der Waals surface area contributed by atoms with E-state index in [9.17, 15) is 4.39 Å². The number of benzene rings is 3. The average Bonchev–Trinajstić information content (AvgIpc) is 3.33. The summed E-state index contributed by atoms with van der Waals surface area (Å²) < 4.78 is 22.4. The monoisotopic (exact) mass is 470 g/mol. The summed E-state index contributed by atoms with van der Waals surface area (Å²) in [6.07, 6.45) is 5.65. The fourth-order valence-electron chi connectivity index (χ4n) is 4.54. The van der Waals surface area contributed by atoms with Crippen LogP contribution in [-0.2, 0) is 4.43 Å². The maximum atomic E-state index is 13.3. The first kappa shape index (κ1) is 23.9. The van der Waals surface area contributed by atoms with Crippen molar-refractivity contribution in [3.05, 3.63) is 116 Å². The molecule has 1 heterocycles. The Bertz CT molecular complexity index is 1170. The molecule has 3 aromatic carbocycles. The topological polar surface area (TPSA) is 27.1 Å². The Labute approximate surface area is 202 Å². The summed E-state index contributed by atoms with van der Waals surface area (Å²) >= 11 is 0. The van der Waals surface area contributed by atoms with Crippen LogP contribution in [0.25, 0.3) is 11.3 Å². The van der Waals surface area contributed by atoms with Crippen molar-refractivity contribution in [2.75, 3.05) is 6.61 Å². The van der Waals surface area contributed by atoms with Crippen LogP contribution in [0.15, 0.2) is 110 Å². The Balaban J connectivity index is 1.68. The van der Waals surface area contributed by atoms with Crippen molar-refractivity contribution in [3.8, 4) is 11.3 Å². The minimum absolute atomic E-state index is 0.0941. The SMILES string of the molecule is C=C[C@@H](CO[Si](c1ccccc1)(c1ccccc1)C(C)(C)C)n1cnc(-c2ccc(F)cc2)c1. The quantitative estimate of drug-likeness (QED) is 0.234. The van der Waals surface area contributed by atoms with Gasteiger partial charge in [-0.05, 0) is 39.7 Å². The van der Waals surface area contributed by atoms with Gasteiger partial charge in [-0.25, -0.2) is 9.37 Å². The van der Waals surface area contributed by atoms with E-state index >= 15 is 0 Å². The van der Waals surface area contributed by atoms with Crippen LogP contribution >= 0.6 is 0 Å². The molecule has 0 bridgehead atoms. The largest absolute Gasteiger partial charge is 0.405 e. The fourth-order valence-corrected chi connectivity index (χ4v) is 9.11. The Morgan fingerprint density at radius 2 is 1.50 bits per heavy atom. The summed E-state index contributed by atoms with van der Waals surface area (Å²) in [6.45, 7) is 11.4. The van der Waals surface area contributed by atoms with Crippen molar-refractivity contribution in [1.82, 2.24) is 9.55 Å². The fraction of sp³-hybridized carbons (Fsp3) is 0.207. The van der Waals surface area contributed by atoms with Gasteiger partial charge < -0.3 is 8.99 Å². The second-order valence-electron chi connectivity index (χ2n) is 9.49. The molecule has 4 aromatic rings. The van der Waals surface area contributed by atoms with E-state index in [0.717, 1.165) is 11.3 Å². The smallest absolute Gasteiger partial charge is 0.261 e. The third-order valence-corrected chi connectivity index (χ3v) is 11.3. The second kappa shape index (κ2) is 9.91. The van der Waals surface area contributed by atoms with Gasteiger partial charge in [0.2, 0.25) is 0 Å². The van der Waals surface area contributed by atoms with Gasteiger partial charge in [0.25, 0.3) is 8.32 Å². The summed E-state index contributed by atoms with van der Waals surface area (Å²) in [7, 11) is -2.65. The van der Waals surface area contributed by atoms with Gasteiger partial charge in [-0.2, -0.15) is 0 Å². The Kier molecular flexibility index (Phi) is 6.96. The molecule has 0 amide bonds. The third kappa shape index (κ3) is 4.67. The zero-order chi connectivity index (χ0) is 24.2. The number of aromatic nitrogens is 2. The normalized spacial score (nSPS) is 12.9. The van der Waals surface area contributed by atoms with Gasteiger partial charge in [0.05, 0.1) is 24.7 Å². The second-order valence-corrected chi connectivity index (χ2v) is 13.8. The molecule has 34 heavy (non-hydrogen) atoms. The van der Waals surface area contributed by atoms with Gasteiger partial charge >= 0.3 is 0 Å². The van der Waals surface area contributed by atoms with E-state index in [1.165, 1.54) is 22.5 Å². The molecule has 0 aliphatic heterocycles. The molecule has 4 rings (SSSR count). The molecule has 0 N–H and O–H groups in total. The molecular formula is C29H31FN2OSi. The van der Waals surface area contributed by atoms with E-state index in [-0.39, 0.29) is 16.9 Å². The van der Waals surface area contributed by atoms with Crippen LogP contribution in [0.2, 0.25) is 5.04 Å². The molecular weight excluding hydrogens is 439 g/mol. The van der Waals surface area contributed by atoms with Crippen LogP contribution in [0.5, 0.6) is 0 Å². The first-order valence-electron chi connectivity index (χ1n) is 11.5. The predicted octanol–water partition coefficient (Wildman–Crippen LogP) is 5.99. The van der Waals surface area contributed by atoms with Crippen LogP contribution in [0.3, 0.4) is 0 Å². The first-order valence-corrected chi connectivity index (χ1v) is 13.4. The molecule has 0 radical (unpaired) electrons. The van der Waals surface area contributed by atoms with E-state index in [2.05, 4.69) is 80.9 Å². The lowest BCUT2D eigenvalue weighted by Gasteiger charge is -2.43. The van der Waals surface area contributed by atoms with Crippen LogP contribution in [0.1, 0.15) is 26.8 Å². The highest BCUT2D eigenvalue weighted by Crippen LogP contribution is 2.37. The number of halogens is 1. The summed E-state index contributed by atoms with van der Waals surface area (Å²) in [4.78, 5) is 4.54. The van der Waals surface area contributed by atoms with Crippen molar-refractivity contribution in [2.24, 2.45) is 0 Å². The number of hydrogen-bond donors (Lipinski definition) is 0. The maximum Gasteiger partial charge on any atom is 0.261 e. The Hall–Kier alpha value is -3.28. The summed E-state index contributed by atoms with van der Waals surface area (Å²) in [5.74, 6) is -0.258. The number of hydrogen-bond acceptors (Lipinski definition) is 2. The van der Waals surface area contributed by atoms with E-state index < -0.39 is 8.32 Å². The lowest BCUT2D eigenvalue weighted by Crippen LogP contribution is -2.66. The molecule has 0 fully saturated rings. The zero-order valence-electron chi connectivity index (χ0n) is 20.0. The van der Waals surface area contributed by atoms with Crippen molar-refractivity contribution in [1.29, 1.82) is 0 Å². The standard InChI is InChI=1S/C29H31FN2OSi/c1-5-25(32-20-28(31-22-32)23-16-18-24(30)19-17-23)21-33-34(29(2,3)4,26-12-8-6-9-13-26)27-14-10-7-11-15-27/h5-20,22,25H,1,21H2,2-4H3/t25-/m0/s1. The number of rotatable bonds is 8. The lowest BCUT2D eigenvalue weighted by atomic mass is 10.2. The van der Waals surface area contributed by atoms with Crippen LogP contribution < -0.4 is 10.4 Å². The maximum absolute atomic E-state index is 13.3. The molecule has 0 spiro atoms. The van der Waals surface area contributed by atoms with Crippen molar-refractivity contribution >= 4 is 18.7 Å². The molecule has 1 atom stereocenters. The molecule has 0 saturated carbocycles. The van der Waals surface area contributed by atoms with Crippen LogP contribution in [0.4, 0.5) is 4.39 Å². The molecule has 5 heteroatoms. The summed E-state index contributed by atoms with van der Waals surface area (Å²) in [5.41, 5.74) is 1.66. The third-order valence-electron chi connectivity index (χ3n) is 6.28. The molecule has 0 unspecified atom stereocenters. The van der Waals surface area contributed by atoms with Gasteiger partial charge in [-0.15, -0.1) is 6.58 Å². The van der Waals surface area contributed by atoms with Gasteiger partial charge in [-0.3, -0.25) is 0 Å². The minimum Gasteiger partial charge on any atom is -0.405 e. The van der Waals surface area contributed by atoms with Gasteiger partial charge in [0, 0.05) is 11.8 Å². The lowest BCUT2D eigenvalue weighted by molar-refractivity contribution is 0.260. The van der Waals surface area contributed by atoms with Gasteiger partial charge in [-0.1, -0.05) is 87.5 Å². The minimum atomic E-state index is -2.65. The molecule has 3 nitrogen and oxygen atoms in total. The molecule has 174 valence electrons. The molecule has 0 aliphatic rings. The molecule has 0 aliphatic carbocycles. The first-order chi connectivity index (χ1) is 16.3. The highest BCUT2D eigenvalue weighted by Gasteiger charge is 2.50. The Morgan fingerprint density at radius 1 is 0.941 bits per heavy atom. The van der Waals surface area contributed by atoms with E-state index in [1.54, 1.807) is 18.5 Å². The van der Waals surface area contributed by atoms with Crippen LogP contribution in [0, 0.1) is 5.82 Å². The molecule has 1 aromatic heterocycles.